The number of H-pyrrole nitrogens is 3. The number of amides is 3. The molecule has 7 aromatic heterocycles. The van der Waals surface area contributed by atoms with E-state index in [-0.39, 0.29) is 66.7 Å². The number of nitriles is 1. The summed E-state index contributed by atoms with van der Waals surface area (Å²) < 4.78 is 84.9. The maximum atomic E-state index is 13.1. The summed E-state index contributed by atoms with van der Waals surface area (Å²) in [6.45, 7) is 1.29. The largest absolute Gasteiger partial charge is 0.492 e. The normalized spacial score (nSPS) is 12.0. The number of ether oxygens (including phenoxy) is 1. The molecular formula is C68H54N12O10S3. The van der Waals surface area contributed by atoms with Gasteiger partial charge in [-0.3, -0.25) is 34.0 Å². The van der Waals surface area contributed by atoms with Gasteiger partial charge >= 0.3 is 0 Å². The van der Waals surface area contributed by atoms with Crippen LogP contribution in [0, 0.1) is 11.3 Å². The number of benzene rings is 6. The molecule has 13 aromatic rings. The molecule has 464 valence electrons. The van der Waals surface area contributed by atoms with Crippen molar-refractivity contribution in [2.75, 3.05) is 6.61 Å². The molecule has 93 heavy (non-hydrogen) atoms. The van der Waals surface area contributed by atoms with Crippen molar-refractivity contribution in [3.05, 3.63) is 258 Å². The average Bonchev–Trinajstić information content (AvgIpc) is 1.84. The Labute approximate surface area is 532 Å². The molecule has 0 saturated carbocycles. The smallest absolute Gasteiger partial charge is 0.267 e. The number of nitrogens with one attached hydrogen (secondary N) is 6. The number of carbonyl (C=O) groups is 3. The number of hydrogen-bond acceptors (Lipinski definition) is 15. The van der Waals surface area contributed by atoms with Crippen molar-refractivity contribution in [2.45, 2.75) is 55.4 Å². The molecule has 22 nitrogen and oxygen atoms in total. The zero-order valence-electron chi connectivity index (χ0n) is 49.2. The number of pyridine rings is 3. The van der Waals surface area contributed by atoms with Crippen molar-refractivity contribution in [2.24, 2.45) is 7.05 Å². The predicted octanol–water partition coefficient (Wildman–Crippen LogP) is 9.67. The number of rotatable bonds is 15. The summed E-state index contributed by atoms with van der Waals surface area (Å²) in [5, 5.41) is 24.8. The molecule has 0 unspecified atom stereocenters. The van der Waals surface area contributed by atoms with Crippen LogP contribution >= 0.6 is 0 Å². The molecule has 0 spiro atoms. The number of aromatic amines is 3. The highest BCUT2D eigenvalue weighted by atomic mass is 32.2. The van der Waals surface area contributed by atoms with Crippen LogP contribution in [0.5, 0.6) is 5.75 Å². The topological polar surface area (TPSA) is 327 Å². The van der Waals surface area contributed by atoms with Crippen LogP contribution in [-0.2, 0) is 62.6 Å². The van der Waals surface area contributed by atoms with Gasteiger partial charge in [0.25, 0.3) is 17.7 Å². The number of fused-ring (bicyclic) bond motifs is 5. The summed E-state index contributed by atoms with van der Waals surface area (Å²) in [5.41, 5.74) is 8.33. The fraction of sp³-hybridized carbons (Fsp3) is 0.0882. The van der Waals surface area contributed by atoms with Crippen LogP contribution in [0.4, 0.5) is 0 Å². The highest BCUT2D eigenvalue weighted by molar-refractivity contribution is 7.92. The monoisotopic (exact) mass is 1290 g/mol. The third-order valence-electron chi connectivity index (χ3n) is 15.3. The van der Waals surface area contributed by atoms with Crippen LogP contribution in [0.15, 0.2) is 243 Å². The molecule has 0 radical (unpaired) electrons. The first kappa shape index (κ1) is 61.6. The SMILES string of the molecule is Cn1ncc2cc(S(=O)(=O)c3ccc(CNC(=O)c4cc5cnccc5[nH]4)cc3)ccc21.N#Cc1ccc(S(=O)(=O)c2ccc(CNC(=O)c3cc4cnccc4[nH]3)cc2)cc1.O=C(NCc1ccc(S(=O)(=O)c2cccc3c2OCC3)cc1)c1cc2cnccc2[nH]1. The summed E-state index contributed by atoms with van der Waals surface area (Å²) in [6, 6.07) is 47.8. The molecule has 0 aliphatic carbocycles. The van der Waals surface area contributed by atoms with Crippen LogP contribution in [0.25, 0.3) is 43.6 Å². The molecule has 0 fully saturated rings. The predicted molar refractivity (Wildman–Crippen MR) is 345 cm³/mol. The summed E-state index contributed by atoms with van der Waals surface area (Å²) in [6.07, 6.45) is 12.4. The molecule has 25 heteroatoms. The highest BCUT2D eigenvalue weighted by Gasteiger charge is 2.27. The van der Waals surface area contributed by atoms with Crippen molar-refractivity contribution in [3.8, 4) is 11.8 Å². The van der Waals surface area contributed by atoms with Crippen LogP contribution < -0.4 is 20.7 Å². The lowest BCUT2D eigenvalue weighted by Crippen LogP contribution is -2.23. The Bertz CT molecular complexity index is 5290. The lowest BCUT2D eigenvalue weighted by atomic mass is 10.2. The first-order valence-electron chi connectivity index (χ1n) is 28.7. The first-order valence-corrected chi connectivity index (χ1v) is 33.2. The number of sulfone groups is 3. The Morgan fingerprint density at radius 1 is 0.495 bits per heavy atom. The van der Waals surface area contributed by atoms with Crippen LogP contribution in [-0.4, -0.2) is 89.3 Å². The third-order valence-corrected chi connectivity index (χ3v) is 20.7. The van der Waals surface area contributed by atoms with Crippen molar-refractivity contribution in [3.63, 3.8) is 0 Å². The molecule has 0 saturated heterocycles. The van der Waals surface area contributed by atoms with E-state index in [0.29, 0.717) is 41.4 Å². The second-order valence-electron chi connectivity index (χ2n) is 21.4. The second kappa shape index (κ2) is 26.1. The lowest BCUT2D eigenvalue weighted by Gasteiger charge is -2.10. The molecule has 8 heterocycles. The zero-order valence-corrected chi connectivity index (χ0v) is 51.7. The van der Waals surface area contributed by atoms with E-state index in [2.05, 4.69) is 51.0 Å². The molecule has 0 atom stereocenters. The quantitative estimate of drug-likeness (QED) is 0.0556. The number of para-hydroxylation sites is 1. The van der Waals surface area contributed by atoms with Gasteiger partial charge in [-0.05, 0) is 144 Å². The minimum Gasteiger partial charge on any atom is -0.492 e. The standard InChI is InChI=1S/C23H19N5O3S.C23H19N3O4S.C22H16N4O3S/c1-28-22-7-6-19(10-17(22)14-26-28)32(30,31)18-4-2-15(3-5-18)12-25-23(29)21-11-16-13-24-9-8-20(16)27-21;27-23(20-12-17-14-24-10-8-19(17)26-20)25-13-15-4-6-18(7-5-15)31(28,29)21-3-1-2-16-9-11-30-22(16)21;23-12-15-1-5-18(6-2-15)30(28,29)19-7-3-16(4-8-19)13-25-22(27)21-11-17-14-24-10-9-20(17)26-21/h2-11,13-14,27H,12H2,1H3,(H,25,29);1-8,10,12,14,26H,9,11,13H2,(H,25,27);1-11,14,26H,13H2,(H,25,27). The van der Waals surface area contributed by atoms with E-state index < -0.39 is 29.5 Å². The van der Waals surface area contributed by atoms with E-state index in [1.807, 2.05) is 19.2 Å². The number of aromatic nitrogens is 8. The Morgan fingerprint density at radius 3 is 1.33 bits per heavy atom. The Morgan fingerprint density at radius 2 is 0.903 bits per heavy atom. The Kier molecular flexibility index (Phi) is 17.3. The van der Waals surface area contributed by atoms with Gasteiger partial charge in [-0.2, -0.15) is 10.4 Å². The van der Waals surface area contributed by atoms with Gasteiger partial charge in [0.15, 0.2) is 0 Å². The first-order chi connectivity index (χ1) is 44.9. The van der Waals surface area contributed by atoms with Gasteiger partial charge in [0.1, 0.15) is 27.7 Å². The molecule has 1 aliphatic heterocycles. The van der Waals surface area contributed by atoms with Gasteiger partial charge < -0.3 is 35.6 Å². The molecule has 14 rings (SSSR count). The second-order valence-corrected chi connectivity index (χ2v) is 27.2. The van der Waals surface area contributed by atoms with Gasteiger partial charge in [-0.15, -0.1) is 0 Å². The Balaban J connectivity index is 0.000000134. The van der Waals surface area contributed by atoms with Crippen molar-refractivity contribution >= 4 is 90.8 Å². The van der Waals surface area contributed by atoms with Crippen LogP contribution in [0.1, 0.15) is 59.3 Å². The van der Waals surface area contributed by atoms with Crippen LogP contribution in [0.2, 0.25) is 0 Å². The number of aryl methyl sites for hydroxylation is 1. The highest BCUT2D eigenvalue weighted by Crippen LogP contribution is 2.36. The van der Waals surface area contributed by atoms with Gasteiger partial charge in [-0.25, -0.2) is 25.3 Å². The summed E-state index contributed by atoms with van der Waals surface area (Å²) >= 11 is 0. The van der Waals surface area contributed by atoms with Gasteiger partial charge in [0, 0.05) is 108 Å². The number of nitrogens with zero attached hydrogens (tertiary/aromatic N) is 6. The third kappa shape index (κ3) is 13.4. The van der Waals surface area contributed by atoms with Gasteiger partial charge in [0.05, 0.1) is 54.4 Å². The maximum Gasteiger partial charge on any atom is 0.267 e. The van der Waals surface area contributed by atoms with Gasteiger partial charge in [0.2, 0.25) is 29.5 Å². The minimum absolute atomic E-state index is 0.121. The van der Waals surface area contributed by atoms with E-state index in [0.717, 1.165) is 65.9 Å². The fourth-order valence-corrected chi connectivity index (χ4v) is 14.3. The average molecular weight is 1300 g/mol. The summed E-state index contributed by atoms with van der Waals surface area (Å²) in [7, 11) is -9.22. The van der Waals surface area contributed by atoms with Crippen LogP contribution in [0.3, 0.4) is 0 Å². The Hall–Kier alpha value is -11.6. The van der Waals surface area contributed by atoms with Crippen molar-refractivity contribution in [1.82, 2.24) is 55.6 Å². The molecule has 3 amide bonds. The van der Waals surface area contributed by atoms with Crippen molar-refractivity contribution in [1.29, 1.82) is 5.26 Å². The van der Waals surface area contributed by atoms with E-state index >= 15 is 0 Å². The van der Waals surface area contributed by atoms with E-state index in [1.165, 1.54) is 36.4 Å². The number of hydrogen-bond donors (Lipinski definition) is 6. The minimum atomic E-state index is -3.69. The fourth-order valence-electron chi connectivity index (χ4n) is 10.3. The van der Waals surface area contributed by atoms with E-state index in [4.69, 9.17) is 10.00 Å². The maximum absolute atomic E-state index is 13.1. The summed E-state index contributed by atoms with van der Waals surface area (Å²) in [5.74, 6) is -0.305. The van der Waals surface area contributed by atoms with E-state index in [9.17, 15) is 39.6 Å². The van der Waals surface area contributed by atoms with E-state index in [1.54, 1.807) is 175 Å². The number of carbonyl (C=O) groups excluding carboxylic acids is 3. The molecule has 6 aromatic carbocycles. The molecule has 6 N–H and O–H groups in total. The lowest BCUT2D eigenvalue weighted by molar-refractivity contribution is 0.0939. The molecule has 0 bridgehead atoms. The van der Waals surface area contributed by atoms with Crippen molar-refractivity contribution < 1.29 is 44.4 Å². The summed E-state index contributed by atoms with van der Waals surface area (Å²) in [4.78, 5) is 59.6. The molecule has 1 aliphatic rings. The van der Waals surface area contributed by atoms with Gasteiger partial charge in [-0.1, -0.05) is 48.5 Å². The zero-order chi connectivity index (χ0) is 64.9. The molecular weight excluding hydrogens is 1240 g/mol.